The predicted octanol–water partition coefficient (Wildman–Crippen LogP) is 3.87. The molecule has 0 saturated carbocycles. The van der Waals surface area contributed by atoms with Crippen molar-refractivity contribution in [3.63, 3.8) is 0 Å². The molecule has 0 bridgehead atoms. The molecule has 12 heteroatoms. The van der Waals surface area contributed by atoms with Gasteiger partial charge in [-0.15, -0.1) is 0 Å². The number of pyridine rings is 2. The first-order valence-electron chi connectivity index (χ1n) is 10.3. The zero-order chi connectivity index (χ0) is 24.1. The number of hydrogen-bond acceptors (Lipinski definition) is 6. The second-order valence-corrected chi connectivity index (χ2v) is 9.85. The van der Waals surface area contributed by atoms with Gasteiger partial charge >= 0.3 is 6.18 Å². The number of benzene rings is 1. The summed E-state index contributed by atoms with van der Waals surface area (Å²) in [5, 5.41) is 7.52. The van der Waals surface area contributed by atoms with E-state index < -0.39 is 26.8 Å². The van der Waals surface area contributed by atoms with Crippen molar-refractivity contribution < 1.29 is 21.6 Å². The van der Waals surface area contributed by atoms with Gasteiger partial charge in [-0.25, -0.2) is 13.4 Å². The van der Waals surface area contributed by atoms with Crippen LogP contribution in [0.5, 0.6) is 0 Å². The van der Waals surface area contributed by atoms with Crippen molar-refractivity contribution in [3.05, 3.63) is 71.8 Å². The van der Waals surface area contributed by atoms with Gasteiger partial charge in [-0.2, -0.15) is 22.6 Å². The number of rotatable bonds is 4. The Hall–Kier alpha value is -3.51. The van der Waals surface area contributed by atoms with Gasteiger partial charge in [-0.3, -0.25) is 9.67 Å². The monoisotopic (exact) mass is 488 g/mol. The number of nitrogens with one attached hydrogen (secondary N) is 1. The number of para-hydroxylation sites is 1. The average Bonchev–Trinajstić information content (AvgIpc) is 3.22. The summed E-state index contributed by atoms with van der Waals surface area (Å²) in [6, 6.07) is 11.3. The molecule has 1 aliphatic heterocycles. The summed E-state index contributed by atoms with van der Waals surface area (Å²) in [5.74, 6) is 0.559. The standard InChI is InChI=1S/C22H19F3N6O2S/c1-30-13-19(20(29-30)22(23,24)25)34(32,33)31-9-7-17-15(12-31)6-8-26-21(17)28-16-10-14-4-2-3-5-18(14)27-11-16/h2-6,8,10-11,13H,7,9,12H2,1H3,(H,26,28). The van der Waals surface area contributed by atoms with Crippen molar-refractivity contribution in [1.29, 1.82) is 0 Å². The fourth-order valence-corrected chi connectivity index (χ4v) is 5.65. The highest BCUT2D eigenvalue weighted by molar-refractivity contribution is 7.89. The minimum absolute atomic E-state index is 0.0118. The number of halogens is 3. The van der Waals surface area contributed by atoms with Gasteiger partial charge in [0.1, 0.15) is 10.7 Å². The predicted molar refractivity (Wildman–Crippen MR) is 119 cm³/mol. The molecule has 0 unspecified atom stereocenters. The summed E-state index contributed by atoms with van der Waals surface area (Å²) in [4.78, 5) is 7.97. The third-order valence-corrected chi connectivity index (χ3v) is 7.49. The van der Waals surface area contributed by atoms with Crippen LogP contribution in [0.25, 0.3) is 10.9 Å². The number of aromatic nitrogens is 4. The Morgan fingerprint density at radius 2 is 1.91 bits per heavy atom. The van der Waals surface area contributed by atoms with Crippen LogP contribution in [-0.2, 0) is 36.2 Å². The maximum absolute atomic E-state index is 13.4. The summed E-state index contributed by atoms with van der Waals surface area (Å²) >= 11 is 0. The summed E-state index contributed by atoms with van der Waals surface area (Å²) < 4.78 is 68.3. The van der Waals surface area contributed by atoms with Crippen LogP contribution in [0.2, 0.25) is 0 Å². The molecule has 0 spiro atoms. The van der Waals surface area contributed by atoms with E-state index in [9.17, 15) is 21.6 Å². The zero-order valence-corrected chi connectivity index (χ0v) is 18.7. The Morgan fingerprint density at radius 1 is 1.12 bits per heavy atom. The molecule has 8 nitrogen and oxygen atoms in total. The molecule has 4 heterocycles. The van der Waals surface area contributed by atoms with Gasteiger partial charge in [0.15, 0.2) is 5.69 Å². The van der Waals surface area contributed by atoms with E-state index in [1.54, 1.807) is 12.3 Å². The van der Waals surface area contributed by atoms with Gasteiger partial charge in [-0.1, -0.05) is 18.2 Å². The maximum atomic E-state index is 13.4. The number of nitrogens with zero attached hydrogens (tertiary/aromatic N) is 5. The van der Waals surface area contributed by atoms with Crippen LogP contribution in [0, 0.1) is 0 Å². The van der Waals surface area contributed by atoms with Crippen LogP contribution in [0.4, 0.5) is 24.7 Å². The molecule has 1 N–H and O–H groups in total. The topological polar surface area (TPSA) is 93.0 Å². The molecule has 0 saturated heterocycles. The molecule has 5 rings (SSSR count). The van der Waals surface area contributed by atoms with Gasteiger partial charge in [0.05, 0.1) is 17.4 Å². The average molecular weight is 488 g/mol. The highest BCUT2D eigenvalue weighted by atomic mass is 32.2. The Balaban J connectivity index is 1.44. The molecule has 0 aliphatic carbocycles. The van der Waals surface area contributed by atoms with Gasteiger partial charge < -0.3 is 5.32 Å². The molecule has 4 aromatic rings. The van der Waals surface area contributed by atoms with E-state index in [0.29, 0.717) is 11.4 Å². The van der Waals surface area contributed by atoms with Crippen molar-refractivity contribution in [2.45, 2.75) is 24.0 Å². The molecule has 3 aromatic heterocycles. The largest absolute Gasteiger partial charge is 0.436 e. The lowest BCUT2D eigenvalue weighted by Gasteiger charge is -2.29. The number of alkyl halides is 3. The first-order valence-corrected chi connectivity index (χ1v) is 11.8. The van der Waals surface area contributed by atoms with Crippen molar-refractivity contribution in [3.8, 4) is 0 Å². The molecular formula is C22H19F3N6O2S. The van der Waals surface area contributed by atoms with Gasteiger partial charge in [0.2, 0.25) is 10.0 Å². The normalized spacial score (nSPS) is 14.8. The SMILES string of the molecule is Cn1cc(S(=O)(=O)N2CCc3c(ccnc3Nc3cnc4ccccc4c3)C2)c(C(F)(F)F)n1. The lowest BCUT2D eigenvalue weighted by molar-refractivity contribution is -0.143. The second kappa shape index (κ2) is 8.06. The third-order valence-electron chi connectivity index (χ3n) is 5.65. The Morgan fingerprint density at radius 3 is 2.71 bits per heavy atom. The first kappa shape index (κ1) is 22.3. The van der Waals surface area contributed by atoms with Crippen LogP contribution in [0.15, 0.2) is 59.9 Å². The number of fused-ring (bicyclic) bond motifs is 2. The van der Waals surface area contributed by atoms with E-state index >= 15 is 0 Å². The molecule has 0 atom stereocenters. The molecule has 0 fully saturated rings. The van der Waals surface area contributed by atoms with Gasteiger partial charge in [-0.05, 0) is 30.2 Å². The van der Waals surface area contributed by atoms with E-state index in [4.69, 9.17) is 0 Å². The number of hydrogen-bond donors (Lipinski definition) is 1. The third kappa shape index (κ3) is 3.99. The maximum Gasteiger partial charge on any atom is 0.436 e. The van der Waals surface area contributed by atoms with E-state index in [1.165, 1.54) is 13.2 Å². The minimum atomic E-state index is -4.88. The van der Waals surface area contributed by atoms with Crippen LogP contribution >= 0.6 is 0 Å². The van der Waals surface area contributed by atoms with E-state index in [2.05, 4.69) is 20.4 Å². The number of aryl methyl sites for hydroxylation is 1. The summed E-state index contributed by atoms with van der Waals surface area (Å²) in [6.07, 6.45) is -0.486. The fraction of sp³-hybridized carbons (Fsp3) is 0.227. The Bertz CT molecular complexity index is 1500. The molecule has 1 aromatic carbocycles. The number of anilines is 2. The summed E-state index contributed by atoms with van der Waals surface area (Å²) in [5.41, 5.74) is 1.63. The quantitative estimate of drug-likeness (QED) is 0.469. The first-order chi connectivity index (χ1) is 16.1. The molecule has 0 amide bonds. The fourth-order valence-electron chi connectivity index (χ4n) is 4.04. The van der Waals surface area contributed by atoms with Gasteiger partial charge in [0, 0.05) is 43.5 Å². The van der Waals surface area contributed by atoms with E-state index in [1.807, 2.05) is 30.3 Å². The number of sulfonamides is 1. The molecule has 1 aliphatic rings. The van der Waals surface area contributed by atoms with Crippen LogP contribution < -0.4 is 5.32 Å². The second-order valence-electron chi connectivity index (χ2n) is 7.94. The Labute approximate surface area is 193 Å². The summed E-state index contributed by atoms with van der Waals surface area (Å²) in [6.45, 7) is -0.0606. The molecule has 176 valence electrons. The highest BCUT2D eigenvalue weighted by Gasteiger charge is 2.43. The van der Waals surface area contributed by atoms with Crippen molar-refractivity contribution in [1.82, 2.24) is 24.1 Å². The molecule has 0 radical (unpaired) electrons. The van der Waals surface area contributed by atoms with Crippen LogP contribution in [0.3, 0.4) is 0 Å². The van der Waals surface area contributed by atoms with Crippen LogP contribution in [0.1, 0.15) is 16.8 Å². The van der Waals surface area contributed by atoms with Crippen LogP contribution in [-0.4, -0.2) is 39.0 Å². The van der Waals surface area contributed by atoms with E-state index in [0.717, 1.165) is 37.3 Å². The molecule has 34 heavy (non-hydrogen) atoms. The van der Waals surface area contributed by atoms with E-state index in [-0.39, 0.29) is 19.5 Å². The lowest BCUT2D eigenvalue weighted by Crippen LogP contribution is -2.37. The Kier molecular flexibility index (Phi) is 5.29. The van der Waals surface area contributed by atoms with Crippen molar-refractivity contribution in [2.24, 2.45) is 7.05 Å². The van der Waals surface area contributed by atoms with Crippen molar-refractivity contribution >= 4 is 32.4 Å². The zero-order valence-electron chi connectivity index (χ0n) is 17.9. The van der Waals surface area contributed by atoms with Gasteiger partial charge in [0.25, 0.3) is 0 Å². The van der Waals surface area contributed by atoms with Crippen molar-refractivity contribution in [2.75, 3.05) is 11.9 Å². The summed E-state index contributed by atoms with van der Waals surface area (Å²) in [7, 11) is -3.16. The minimum Gasteiger partial charge on any atom is -0.339 e. The smallest absolute Gasteiger partial charge is 0.339 e. The lowest BCUT2D eigenvalue weighted by atomic mass is 10.0. The highest BCUT2D eigenvalue weighted by Crippen LogP contribution is 2.36. The molecular weight excluding hydrogens is 469 g/mol.